The van der Waals surface area contributed by atoms with Crippen LogP contribution in [-0.4, -0.2) is 104 Å². The van der Waals surface area contributed by atoms with Crippen molar-refractivity contribution >= 4 is 11.9 Å². The van der Waals surface area contributed by atoms with Crippen molar-refractivity contribution < 1.29 is 4.79 Å². The maximum Gasteiger partial charge on any atom is 0.236 e. The molecule has 1 aromatic rings. The van der Waals surface area contributed by atoms with Gasteiger partial charge in [0.05, 0.1) is 6.54 Å². The number of hydrogen-bond acceptors (Lipinski definition) is 4. The molecule has 2 saturated heterocycles. The van der Waals surface area contributed by atoms with Crippen LogP contribution in [-0.2, 0) is 11.3 Å². The Bertz CT molecular complexity index is 680. The van der Waals surface area contributed by atoms with Gasteiger partial charge < -0.3 is 15.1 Å². The van der Waals surface area contributed by atoms with Gasteiger partial charge in [0.15, 0.2) is 5.96 Å². The second-order valence-electron chi connectivity index (χ2n) is 8.53. The summed E-state index contributed by atoms with van der Waals surface area (Å²) in [6, 6.07) is 11.0. The average Bonchev–Trinajstić information content (AvgIpc) is 3.31. The maximum absolute atomic E-state index is 12.4. The number of carbonyl (C=O) groups is 1. The van der Waals surface area contributed by atoms with Gasteiger partial charge in [-0.05, 0) is 32.4 Å². The lowest BCUT2D eigenvalue weighted by Crippen LogP contribution is -2.55. The van der Waals surface area contributed by atoms with Crippen LogP contribution in [0.2, 0.25) is 0 Å². The van der Waals surface area contributed by atoms with Crippen LogP contribution in [0.4, 0.5) is 0 Å². The van der Waals surface area contributed by atoms with E-state index < -0.39 is 0 Å². The number of nitrogens with zero attached hydrogens (tertiary/aromatic N) is 5. The number of likely N-dealkylation sites (tertiary alicyclic amines) is 1. The Balaban J connectivity index is 1.39. The van der Waals surface area contributed by atoms with E-state index in [0.717, 1.165) is 71.2 Å². The van der Waals surface area contributed by atoms with Gasteiger partial charge in [0.25, 0.3) is 0 Å². The van der Waals surface area contributed by atoms with Crippen LogP contribution in [0.3, 0.4) is 0 Å². The van der Waals surface area contributed by atoms with E-state index in [1.807, 2.05) is 11.9 Å². The van der Waals surface area contributed by atoms with Gasteiger partial charge in [-0.15, -0.1) is 0 Å². The third-order valence-electron chi connectivity index (χ3n) is 6.28. The van der Waals surface area contributed by atoms with Gasteiger partial charge in [-0.3, -0.25) is 19.6 Å². The molecular weight excluding hydrogens is 376 g/mol. The molecule has 0 bridgehead atoms. The highest BCUT2D eigenvalue weighted by Gasteiger charge is 2.24. The van der Waals surface area contributed by atoms with Crippen molar-refractivity contribution in [3.8, 4) is 0 Å². The van der Waals surface area contributed by atoms with Crippen LogP contribution >= 0.6 is 0 Å². The molecule has 166 valence electrons. The lowest BCUT2D eigenvalue weighted by Gasteiger charge is -2.37. The largest absolute Gasteiger partial charge is 0.355 e. The molecule has 0 aromatic heterocycles. The topological polar surface area (TPSA) is 54.4 Å². The predicted octanol–water partition coefficient (Wildman–Crippen LogP) is 1.32. The summed E-state index contributed by atoms with van der Waals surface area (Å²) in [6.45, 7) is 10.1. The van der Waals surface area contributed by atoms with E-state index in [0.29, 0.717) is 18.5 Å². The van der Waals surface area contributed by atoms with Gasteiger partial charge in [-0.1, -0.05) is 30.3 Å². The van der Waals surface area contributed by atoms with Crippen molar-refractivity contribution in [3.05, 3.63) is 35.9 Å². The number of benzene rings is 1. The maximum atomic E-state index is 12.4. The van der Waals surface area contributed by atoms with Crippen molar-refractivity contribution in [2.45, 2.75) is 32.4 Å². The average molecular weight is 415 g/mol. The van der Waals surface area contributed by atoms with Crippen LogP contribution in [0.1, 0.15) is 25.3 Å². The highest BCUT2D eigenvalue weighted by molar-refractivity contribution is 5.80. The monoisotopic (exact) mass is 414 g/mol. The zero-order valence-corrected chi connectivity index (χ0v) is 18.9. The van der Waals surface area contributed by atoms with Crippen LogP contribution in [0, 0.1) is 0 Å². The number of hydrogen-bond donors (Lipinski definition) is 1. The van der Waals surface area contributed by atoms with Gasteiger partial charge in [-0.2, -0.15) is 0 Å². The molecule has 1 unspecified atom stereocenters. The fraction of sp³-hybridized carbons (Fsp3) is 0.652. The second kappa shape index (κ2) is 11.3. The van der Waals surface area contributed by atoms with Crippen LogP contribution < -0.4 is 5.32 Å². The molecule has 3 rings (SSSR count). The Kier molecular flexibility index (Phi) is 8.51. The molecule has 30 heavy (non-hydrogen) atoms. The molecule has 2 heterocycles. The molecule has 0 spiro atoms. The Morgan fingerprint density at radius 2 is 1.73 bits per heavy atom. The van der Waals surface area contributed by atoms with Crippen molar-refractivity contribution in [2.24, 2.45) is 4.99 Å². The number of aliphatic imine (C=N–C) groups is 1. The van der Waals surface area contributed by atoms with E-state index in [-0.39, 0.29) is 0 Å². The molecule has 0 radical (unpaired) electrons. The molecule has 1 N–H and O–H groups in total. The van der Waals surface area contributed by atoms with E-state index in [1.54, 1.807) is 0 Å². The third-order valence-corrected chi connectivity index (χ3v) is 6.28. The minimum Gasteiger partial charge on any atom is -0.355 e. The molecule has 7 nitrogen and oxygen atoms in total. The van der Waals surface area contributed by atoms with E-state index in [1.165, 1.54) is 5.56 Å². The van der Waals surface area contributed by atoms with Gasteiger partial charge in [0.2, 0.25) is 5.91 Å². The Morgan fingerprint density at radius 3 is 2.37 bits per heavy atom. The zero-order chi connectivity index (χ0) is 21.3. The zero-order valence-electron chi connectivity index (χ0n) is 18.9. The van der Waals surface area contributed by atoms with Gasteiger partial charge in [-0.25, -0.2) is 0 Å². The summed E-state index contributed by atoms with van der Waals surface area (Å²) in [4.78, 5) is 25.8. The minimum atomic E-state index is 0.290. The smallest absolute Gasteiger partial charge is 0.236 e. The predicted molar refractivity (Wildman–Crippen MR) is 123 cm³/mol. The van der Waals surface area contributed by atoms with Crippen LogP contribution in [0.15, 0.2) is 35.3 Å². The molecule has 2 fully saturated rings. The van der Waals surface area contributed by atoms with Crippen LogP contribution in [0.25, 0.3) is 0 Å². The molecule has 1 amide bonds. The first kappa shape index (κ1) is 22.6. The normalized spacial score (nSPS) is 19.4. The summed E-state index contributed by atoms with van der Waals surface area (Å²) in [5.74, 6) is 1.25. The van der Waals surface area contributed by atoms with Gasteiger partial charge in [0.1, 0.15) is 0 Å². The Hall–Kier alpha value is -2.12. The standard InChI is InChI=1S/C23H38N6O/c1-20(26(3)18-21-9-5-4-6-10-21)17-25-23(24-2)29-15-13-27(14-16-29)19-22(30)28-11-7-8-12-28/h4-6,9-10,20H,7-8,11-19H2,1-3H3,(H,24,25). The highest BCUT2D eigenvalue weighted by atomic mass is 16.2. The van der Waals surface area contributed by atoms with Gasteiger partial charge in [0, 0.05) is 65.4 Å². The first-order valence-electron chi connectivity index (χ1n) is 11.3. The first-order chi connectivity index (χ1) is 14.6. The van der Waals surface area contributed by atoms with Crippen molar-refractivity contribution in [1.82, 2.24) is 24.9 Å². The van der Waals surface area contributed by atoms with E-state index in [2.05, 4.69) is 69.3 Å². The molecule has 0 saturated carbocycles. The quantitative estimate of drug-likeness (QED) is 0.539. The molecule has 1 atom stereocenters. The van der Waals surface area contributed by atoms with E-state index >= 15 is 0 Å². The van der Waals surface area contributed by atoms with E-state index in [4.69, 9.17) is 0 Å². The summed E-state index contributed by atoms with van der Waals surface area (Å²) in [6.07, 6.45) is 2.31. The third kappa shape index (κ3) is 6.44. The van der Waals surface area contributed by atoms with E-state index in [9.17, 15) is 4.79 Å². The second-order valence-corrected chi connectivity index (χ2v) is 8.53. The highest BCUT2D eigenvalue weighted by Crippen LogP contribution is 2.10. The fourth-order valence-electron chi connectivity index (χ4n) is 4.13. The summed E-state index contributed by atoms with van der Waals surface area (Å²) in [7, 11) is 4.02. The molecule has 7 heteroatoms. The molecule has 1 aromatic carbocycles. The number of carbonyl (C=O) groups excluding carboxylic acids is 1. The lowest BCUT2D eigenvalue weighted by atomic mass is 10.2. The fourth-order valence-corrected chi connectivity index (χ4v) is 4.13. The number of amides is 1. The Labute approximate surface area is 181 Å². The summed E-state index contributed by atoms with van der Waals surface area (Å²) < 4.78 is 0. The Morgan fingerprint density at radius 1 is 1.07 bits per heavy atom. The SMILES string of the molecule is CN=C(NCC(C)N(C)Cc1ccccc1)N1CCN(CC(=O)N2CCCC2)CC1. The number of guanidine groups is 1. The van der Waals surface area contributed by atoms with Crippen molar-refractivity contribution in [2.75, 3.05) is 66.5 Å². The number of likely N-dealkylation sites (N-methyl/N-ethyl adjacent to an activating group) is 1. The van der Waals surface area contributed by atoms with Crippen molar-refractivity contribution in [1.29, 1.82) is 0 Å². The summed E-state index contributed by atoms with van der Waals surface area (Å²) >= 11 is 0. The molecule has 0 aliphatic carbocycles. The van der Waals surface area contributed by atoms with Crippen LogP contribution in [0.5, 0.6) is 0 Å². The summed E-state index contributed by atoms with van der Waals surface area (Å²) in [5, 5.41) is 3.55. The molecule has 2 aliphatic heterocycles. The summed E-state index contributed by atoms with van der Waals surface area (Å²) in [5.41, 5.74) is 1.33. The number of nitrogens with one attached hydrogen (secondary N) is 1. The lowest BCUT2D eigenvalue weighted by molar-refractivity contribution is -0.131. The number of rotatable bonds is 7. The minimum absolute atomic E-state index is 0.290. The first-order valence-corrected chi connectivity index (χ1v) is 11.3. The molecule has 2 aliphatic rings. The van der Waals surface area contributed by atoms with Gasteiger partial charge >= 0.3 is 0 Å². The molecular formula is C23H38N6O. The number of piperazine rings is 1. The van der Waals surface area contributed by atoms with Crippen molar-refractivity contribution in [3.63, 3.8) is 0 Å².